The molecule has 3 heterocycles. The largest absolute Gasteiger partial charge is 0.455 e. The quantitative estimate of drug-likeness (QED) is 0.544. The molecule has 1 amide bonds. The summed E-state index contributed by atoms with van der Waals surface area (Å²) in [6.07, 6.45) is 2.35. The number of aromatic nitrogens is 2. The summed E-state index contributed by atoms with van der Waals surface area (Å²) in [5, 5.41) is 15.9. The number of ether oxygens (including phenoxy) is 1. The van der Waals surface area contributed by atoms with Gasteiger partial charge in [-0.1, -0.05) is 17.7 Å². The van der Waals surface area contributed by atoms with Crippen molar-refractivity contribution in [2.45, 2.75) is 13.0 Å². The first-order valence-corrected chi connectivity index (χ1v) is 10.4. The van der Waals surface area contributed by atoms with Gasteiger partial charge in [-0.2, -0.15) is 0 Å². The molecule has 158 valence electrons. The lowest BCUT2D eigenvalue weighted by Gasteiger charge is -2.20. The molecule has 0 fully saturated rings. The molecule has 3 aromatic rings. The van der Waals surface area contributed by atoms with Crippen LogP contribution in [0, 0.1) is 0 Å². The second kappa shape index (κ2) is 8.05. The number of carbonyl (C=O) groups excluding carboxylic acids is 1. The first-order chi connectivity index (χ1) is 15.1. The van der Waals surface area contributed by atoms with Crippen molar-refractivity contribution in [3.63, 3.8) is 0 Å². The second-order valence-electron chi connectivity index (χ2n) is 7.32. The van der Waals surface area contributed by atoms with Gasteiger partial charge in [-0.3, -0.25) is 4.79 Å². The van der Waals surface area contributed by atoms with E-state index in [1.54, 1.807) is 24.3 Å². The van der Waals surface area contributed by atoms with E-state index in [0.717, 1.165) is 35.6 Å². The summed E-state index contributed by atoms with van der Waals surface area (Å²) in [4.78, 5) is 22.7. The number of halogens is 1. The van der Waals surface area contributed by atoms with Crippen LogP contribution in [-0.4, -0.2) is 40.7 Å². The first-order valence-electron chi connectivity index (χ1n) is 9.98. The van der Waals surface area contributed by atoms with E-state index >= 15 is 0 Å². The van der Waals surface area contributed by atoms with Crippen molar-refractivity contribution in [3.8, 4) is 11.5 Å². The molecule has 5 rings (SSSR count). The van der Waals surface area contributed by atoms with E-state index in [4.69, 9.17) is 16.3 Å². The Morgan fingerprint density at radius 1 is 1.23 bits per heavy atom. The van der Waals surface area contributed by atoms with Crippen LogP contribution in [0.3, 0.4) is 0 Å². The SMILES string of the molecule is O=C1NCc2c(Oc3ccc(Nc4ncnc5c4N(CCO)CC5)cc3Cl)cccc21. The smallest absolute Gasteiger partial charge is 0.252 e. The van der Waals surface area contributed by atoms with Crippen LogP contribution >= 0.6 is 11.6 Å². The minimum absolute atomic E-state index is 0.0654. The van der Waals surface area contributed by atoms with Gasteiger partial charge in [0.05, 0.1) is 17.3 Å². The maximum atomic E-state index is 11.9. The van der Waals surface area contributed by atoms with Crippen LogP contribution in [0.2, 0.25) is 5.02 Å². The van der Waals surface area contributed by atoms with Crippen LogP contribution in [0.5, 0.6) is 11.5 Å². The molecule has 8 nitrogen and oxygen atoms in total. The van der Waals surface area contributed by atoms with E-state index in [-0.39, 0.29) is 12.5 Å². The Hall–Kier alpha value is -3.36. The minimum atomic E-state index is -0.0984. The van der Waals surface area contributed by atoms with Gasteiger partial charge in [0.2, 0.25) is 0 Å². The molecule has 9 heteroatoms. The third kappa shape index (κ3) is 3.64. The molecular formula is C22H20ClN5O3. The summed E-state index contributed by atoms with van der Waals surface area (Å²) >= 11 is 6.50. The molecule has 0 aliphatic carbocycles. The molecule has 2 aromatic carbocycles. The van der Waals surface area contributed by atoms with E-state index in [2.05, 4.69) is 25.5 Å². The van der Waals surface area contributed by atoms with Crippen molar-refractivity contribution in [2.24, 2.45) is 0 Å². The molecule has 1 aromatic heterocycles. The van der Waals surface area contributed by atoms with E-state index in [9.17, 15) is 9.90 Å². The number of hydrogen-bond acceptors (Lipinski definition) is 7. The van der Waals surface area contributed by atoms with Crippen LogP contribution in [0.25, 0.3) is 0 Å². The van der Waals surface area contributed by atoms with Crippen molar-refractivity contribution in [1.82, 2.24) is 15.3 Å². The highest BCUT2D eigenvalue weighted by molar-refractivity contribution is 6.32. The number of anilines is 3. The lowest BCUT2D eigenvalue weighted by Crippen LogP contribution is -2.25. The molecule has 0 atom stereocenters. The van der Waals surface area contributed by atoms with Crippen LogP contribution in [0.1, 0.15) is 21.6 Å². The summed E-state index contributed by atoms with van der Waals surface area (Å²) in [7, 11) is 0. The fourth-order valence-corrected chi connectivity index (χ4v) is 4.17. The third-order valence-electron chi connectivity index (χ3n) is 5.42. The Bertz CT molecular complexity index is 1170. The number of hydrogen-bond donors (Lipinski definition) is 3. The number of aliphatic hydroxyl groups is 1. The van der Waals surface area contributed by atoms with Gasteiger partial charge in [-0.15, -0.1) is 0 Å². The van der Waals surface area contributed by atoms with Crippen LogP contribution in [0.4, 0.5) is 17.2 Å². The average molecular weight is 438 g/mol. The number of amides is 1. The molecule has 0 saturated heterocycles. The summed E-state index contributed by atoms with van der Waals surface area (Å²) in [5.74, 6) is 1.67. The predicted molar refractivity (Wildman–Crippen MR) is 117 cm³/mol. The Balaban J connectivity index is 1.39. The zero-order valence-electron chi connectivity index (χ0n) is 16.6. The Morgan fingerprint density at radius 2 is 2.13 bits per heavy atom. The first kappa shape index (κ1) is 19.6. The van der Waals surface area contributed by atoms with Crippen molar-refractivity contribution < 1.29 is 14.6 Å². The molecule has 0 bridgehead atoms. The van der Waals surface area contributed by atoms with Gasteiger partial charge in [0.1, 0.15) is 23.5 Å². The highest BCUT2D eigenvalue weighted by atomic mass is 35.5. The Kier molecular flexibility index (Phi) is 5.09. The predicted octanol–water partition coefficient (Wildman–Crippen LogP) is 3.26. The van der Waals surface area contributed by atoms with Gasteiger partial charge in [-0.05, 0) is 30.3 Å². The zero-order chi connectivity index (χ0) is 21.4. The monoisotopic (exact) mass is 437 g/mol. The summed E-state index contributed by atoms with van der Waals surface area (Å²) in [6, 6.07) is 10.8. The normalized spacial score (nSPS) is 14.3. The van der Waals surface area contributed by atoms with Gasteiger partial charge < -0.3 is 25.4 Å². The molecular weight excluding hydrogens is 418 g/mol. The second-order valence-corrected chi connectivity index (χ2v) is 7.72. The van der Waals surface area contributed by atoms with Gasteiger partial charge in [0, 0.05) is 42.9 Å². The standard InChI is InChI=1S/C22H20ClN5O3/c23-16-10-13(27-21-20-17(25-12-26-21)6-7-28(20)8-9-29)4-5-19(16)31-18-3-1-2-14-15(18)11-24-22(14)30/h1-5,10,12,29H,6-9,11H2,(H,24,30)(H,25,26,27). The number of nitrogens with one attached hydrogen (secondary N) is 2. The summed E-state index contributed by atoms with van der Waals surface area (Å²) in [6.45, 7) is 1.83. The number of nitrogens with zero attached hydrogens (tertiary/aromatic N) is 3. The van der Waals surface area contributed by atoms with Gasteiger partial charge in [0.25, 0.3) is 5.91 Å². The summed E-state index contributed by atoms with van der Waals surface area (Å²) < 4.78 is 6.01. The summed E-state index contributed by atoms with van der Waals surface area (Å²) in [5.41, 5.74) is 4.07. The van der Waals surface area contributed by atoms with E-state index in [1.165, 1.54) is 6.33 Å². The lowest BCUT2D eigenvalue weighted by atomic mass is 10.1. The third-order valence-corrected chi connectivity index (χ3v) is 5.72. The van der Waals surface area contributed by atoms with Crippen molar-refractivity contribution in [1.29, 1.82) is 0 Å². The maximum Gasteiger partial charge on any atom is 0.252 e. The van der Waals surface area contributed by atoms with Crippen LogP contribution in [-0.2, 0) is 13.0 Å². The molecule has 0 unspecified atom stereocenters. The van der Waals surface area contributed by atoms with Crippen molar-refractivity contribution in [3.05, 3.63) is 64.6 Å². The number of rotatable bonds is 6. The van der Waals surface area contributed by atoms with Crippen molar-refractivity contribution >= 4 is 34.7 Å². The maximum absolute atomic E-state index is 11.9. The molecule has 3 N–H and O–H groups in total. The molecule has 2 aliphatic heterocycles. The zero-order valence-corrected chi connectivity index (χ0v) is 17.3. The molecule has 0 spiro atoms. The molecule has 0 radical (unpaired) electrons. The highest BCUT2D eigenvalue weighted by Gasteiger charge is 2.25. The molecule has 2 aliphatic rings. The number of fused-ring (bicyclic) bond motifs is 2. The molecule has 31 heavy (non-hydrogen) atoms. The number of β-amino-alcohol motifs (C(OH)–C–C–N with tert-alkyl or cyclic N) is 1. The minimum Gasteiger partial charge on any atom is -0.455 e. The van der Waals surface area contributed by atoms with E-state index in [0.29, 0.717) is 41.0 Å². The van der Waals surface area contributed by atoms with E-state index in [1.807, 2.05) is 12.1 Å². The Labute approximate surface area is 183 Å². The fourth-order valence-electron chi connectivity index (χ4n) is 3.96. The van der Waals surface area contributed by atoms with Gasteiger partial charge >= 0.3 is 0 Å². The Morgan fingerprint density at radius 3 is 2.97 bits per heavy atom. The number of carbonyl (C=O) groups is 1. The van der Waals surface area contributed by atoms with Crippen molar-refractivity contribution in [2.75, 3.05) is 29.9 Å². The molecule has 0 saturated carbocycles. The number of benzene rings is 2. The topological polar surface area (TPSA) is 99.6 Å². The lowest BCUT2D eigenvalue weighted by molar-refractivity contribution is 0.0965. The number of aliphatic hydroxyl groups excluding tert-OH is 1. The van der Waals surface area contributed by atoms with E-state index < -0.39 is 0 Å². The fraction of sp³-hybridized carbons (Fsp3) is 0.227. The van der Waals surface area contributed by atoms with Crippen LogP contribution < -0.4 is 20.3 Å². The van der Waals surface area contributed by atoms with Gasteiger partial charge in [0.15, 0.2) is 5.82 Å². The average Bonchev–Trinajstić information content (AvgIpc) is 3.36. The highest BCUT2D eigenvalue weighted by Crippen LogP contribution is 2.38. The van der Waals surface area contributed by atoms with Crippen LogP contribution in [0.15, 0.2) is 42.7 Å². The van der Waals surface area contributed by atoms with Gasteiger partial charge in [-0.25, -0.2) is 9.97 Å².